The molecule has 0 atom stereocenters. The highest BCUT2D eigenvalue weighted by Gasteiger charge is 2.52. The van der Waals surface area contributed by atoms with E-state index in [1.54, 1.807) is 43.3 Å². The van der Waals surface area contributed by atoms with Gasteiger partial charge in [-0.3, -0.25) is 4.79 Å². The molecule has 3 aromatic carbocycles. The zero-order chi connectivity index (χ0) is 27.1. The van der Waals surface area contributed by atoms with Crippen LogP contribution in [0.3, 0.4) is 0 Å². The standard InChI is InChI=1S/C30H29FN2O4S/c1-4-38(35,36)26-11-5-21(6-12-26)17-25(34)18-22-15-19(2)27(20(3)16-22)30(13-14-30)29-32-28(33-37-29)23-7-9-24(31)10-8-23/h5-12,15-16H,4,13-14,17-18H2,1-3H3. The Morgan fingerprint density at radius 3 is 2.13 bits per heavy atom. The van der Waals surface area contributed by atoms with Crippen LogP contribution in [-0.4, -0.2) is 30.1 Å². The highest BCUT2D eigenvalue weighted by Crippen LogP contribution is 2.55. The third-order valence-electron chi connectivity index (χ3n) is 7.22. The van der Waals surface area contributed by atoms with Gasteiger partial charge in [0.25, 0.3) is 0 Å². The molecule has 0 N–H and O–H groups in total. The van der Waals surface area contributed by atoms with Crippen molar-refractivity contribution in [1.29, 1.82) is 0 Å². The summed E-state index contributed by atoms with van der Waals surface area (Å²) in [6.45, 7) is 5.70. The summed E-state index contributed by atoms with van der Waals surface area (Å²) in [5, 5.41) is 4.14. The number of carbonyl (C=O) groups excluding carboxylic acids is 1. The second-order valence-corrected chi connectivity index (χ2v) is 12.3. The lowest BCUT2D eigenvalue weighted by Crippen LogP contribution is -2.15. The number of hydrogen-bond donors (Lipinski definition) is 0. The summed E-state index contributed by atoms with van der Waals surface area (Å²) in [6.07, 6.45) is 2.31. The summed E-state index contributed by atoms with van der Waals surface area (Å²) in [7, 11) is -3.26. The van der Waals surface area contributed by atoms with E-state index in [-0.39, 0.29) is 34.1 Å². The molecule has 5 rings (SSSR count). The Hall–Kier alpha value is -3.65. The molecule has 0 spiro atoms. The van der Waals surface area contributed by atoms with E-state index >= 15 is 0 Å². The van der Waals surface area contributed by atoms with Crippen LogP contribution in [0, 0.1) is 19.7 Å². The molecule has 0 saturated heterocycles. The molecule has 1 heterocycles. The molecule has 6 nitrogen and oxygen atoms in total. The molecule has 0 amide bonds. The second kappa shape index (κ2) is 9.91. The van der Waals surface area contributed by atoms with Crippen molar-refractivity contribution >= 4 is 15.6 Å². The molecule has 1 fully saturated rings. The summed E-state index contributed by atoms with van der Waals surface area (Å²) < 4.78 is 43.0. The molecule has 4 aromatic rings. The molecule has 0 bridgehead atoms. The van der Waals surface area contributed by atoms with E-state index in [0.29, 0.717) is 23.7 Å². The van der Waals surface area contributed by atoms with E-state index in [9.17, 15) is 17.6 Å². The van der Waals surface area contributed by atoms with Gasteiger partial charge in [0, 0.05) is 18.4 Å². The average molecular weight is 533 g/mol. The zero-order valence-electron chi connectivity index (χ0n) is 21.6. The summed E-state index contributed by atoms with van der Waals surface area (Å²) >= 11 is 0. The molecular weight excluding hydrogens is 503 g/mol. The van der Waals surface area contributed by atoms with E-state index in [0.717, 1.165) is 40.7 Å². The quantitative estimate of drug-likeness (QED) is 0.274. The average Bonchev–Trinajstić information content (AvgIpc) is 3.51. The fourth-order valence-corrected chi connectivity index (χ4v) is 6.12. The minimum absolute atomic E-state index is 0.0448. The van der Waals surface area contributed by atoms with Crippen LogP contribution in [-0.2, 0) is 32.9 Å². The Labute approximate surface area is 221 Å². The number of ketones is 1. The van der Waals surface area contributed by atoms with Crippen molar-refractivity contribution in [1.82, 2.24) is 10.1 Å². The van der Waals surface area contributed by atoms with Crippen molar-refractivity contribution in [2.75, 3.05) is 5.75 Å². The highest BCUT2D eigenvalue weighted by molar-refractivity contribution is 7.91. The van der Waals surface area contributed by atoms with E-state index in [1.165, 1.54) is 12.1 Å². The lowest BCUT2D eigenvalue weighted by molar-refractivity contribution is -0.117. The van der Waals surface area contributed by atoms with Crippen molar-refractivity contribution in [3.8, 4) is 11.4 Å². The van der Waals surface area contributed by atoms with Crippen molar-refractivity contribution in [3.63, 3.8) is 0 Å². The Morgan fingerprint density at radius 1 is 0.947 bits per heavy atom. The number of benzene rings is 3. The molecule has 8 heteroatoms. The molecule has 0 aliphatic heterocycles. The van der Waals surface area contributed by atoms with Gasteiger partial charge in [-0.25, -0.2) is 12.8 Å². The van der Waals surface area contributed by atoms with Crippen LogP contribution in [0.5, 0.6) is 0 Å². The molecule has 196 valence electrons. The van der Waals surface area contributed by atoms with Gasteiger partial charge >= 0.3 is 0 Å². The van der Waals surface area contributed by atoms with Gasteiger partial charge in [-0.2, -0.15) is 4.98 Å². The number of Topliss-reactive ketones (excluding diaryl/α,β-unsaturated/α-hetero) is 1. The normalized spacial score (nSPS) is 14.4. The molecular formula is C30H29FN2O4S. The number of halogens is 1. The smallest absolute Gasteiger partial charge is 0.237 e. The lowest BCUT2D eigenvalue weighted by atomic mass is 9.85. The van der Waals surface area contributed by atoms with Crippen LogP contribution >= 0.6 is 0 Å². The predicted octanol–water partition coefficient (Wildman–Crippen LogP) is 5.72. The fourth-order valence-electron chi connectivity index (χ4n) is 5.24. The van der Waals surface area contributed by atoms with Crippen LogP contribution < -0.4 is 0 Å². The Balaban J connectivity index is 1.32. The molecule has 0 radical (unpaired) electrons. The minimum Gasteiger partial charge on any atom is -0.338 e. The predicted molar refractivity (Wildman–Crippen MR) is 142 cm³/mol. The molecule has 1 aliphatic rings. The van der Waals surface area contributed by atoms with Gasteiger partial charge in [-0.05, 0) is 90.9 Å². The van der Waals surface area contributed by atoms with E-state index in [4.69, 9.17) is 4.52 Å². The molecule has 38 heavy (non-hydrogen) atoms. The maximum absolute atomic E-state index is 13.3. The van der Waals surface area contributed by atoms with Crippen LogP contribution in [0.1, 0.15) is 53.5 Å². The van der Waals surface area contributed by atoms with Crippen LogP contribution in [0.25, 0.3) is 11.4 Å². The number of sulfone groups is 1. The van der Waals surface area contributed by atoms with E-state index in [2.05, 4.69) is 22.3 Å². The van der Waals surface area contributed by atoms with Gasteiger partial charge in [0.15, 0.2) is 9.84 Å². The monoisotopic (exact) mass is 532 g/mol. The van der Waals surface area contributed by atoms with Crippen LogP contribution in [0.15, 0.2) is 70.1 Å². The van der Waals surface area contributed by atoms with Gasteiger partial charge in [0.2, 0.25) is 11.7 Å². The van der Waals surface area contributed by atoms with Crippen molar-refractivity contribution in [2.24, 2.45) is 0 Å². The molecule has 0 unspecified atom stereocenters. The van der Waals surface area contributed by atoms with Gasteiger partial charge in [0.05, 0.1) is 16.1 Å². The van der Waals surface area contributed by atoms with Crippen molar-refractivity contribution < 1.29 is 22.1 Å². The van der Waals surface area contributed by atoms with Crippen LogP contribution in [0.2, 0.25) is 0 Å². The zero-order valence-corrected chi connectivity index (χ0v) is 22.4. The number of aryl methyl sites for hydroxylation is 2. The first-order valence-electron chi connectivity index (χ1n) is 12.7. The summed E-state index contributed by atoms with van der Waals surface area (Å²) in [6, 6.07) is 16.7. The van der Waals surface area contributed by atoms with Gasteiger partial charge in [-0.15, -0.1) is 0 Å². The number of hydrogen-bond acceptors (Lipinski definition) is 6. The van der Waals surface area contributed by atoms with Gasteiger partial charge in [0.1, 0.15) is 11.6 Å². The fraction of sp³-hybridized carbons (Fsp3) is 0.300. The number of rotatable bonds is 9. The van der Waals surface area contributed by atoms with Crippen molar-refractivity contribution in [2.45, 2.75) is 56.8 Å². The molecule has 1 aliphatic carbocycles. The summed E-state index contributed by atoms with van der Waals surface area (Å²) in [4.78, 5) is 17.8. The first-order valence-corrected chi connectivity index (χ1v) is 14.3. The first kappa shape index (κ1) is 26.0. The molecule has 1 aromatic heterocycles. The number of aromatic nitrogens is 2. The third-order valence-corrected chi connectivity index (χ3v) is 8.97. The van der Waals surface area contributed by atoms with Crippen molar-refractivity contribution in [3.05, 3.63) is 100 Å². The number of nitrogens with zero attached hydrogens (tertiary/aromatic N) is 2. The second-order valence-electron chi connectivity index (χ2n) is 10.1. The van der Waals surface area contributed by atoms with E-state index in [1.807, 2.05) is 13.8 Å². The summed E-state index contributed by atoms with van der Waals surface area (Å²) in [5.41, 5.74) is 5.37. The Bertz CT molecular complexity index is 1580. The SMILES string of the molecule is CCS(=O)(=O)c1ccc(CC(=O)Cc2cc(C)c(C3(c4nc(-c5ccc(F)cc5)no4)CC3)c(C)c2)cc1. The van der Waals surface area contributed by atoms with E-state index < -0.39 is 9.84 Å². The molecule has 1 saturated carbocycles. The van der Waals surface area contributed by atoms with Gasteiger partial charge in [-0.1, -0.05) is 36.3 Å². The minimum atomic E-state index is -3.26. The topological polar surface area (TPSA) is 90.1 Å². The van der Waals surface area contributed by atoms with Gasteiger partial charge < -0.3 is 4.52 Å². The Kier molecular flexibility index (Phi) is 6.77. The largest absolute Gasteiger partial charge is 0.338 e. The number of carbonyl (C=O) groups is 1. The summed E-state index contributed by atoms with van der Waals surface area (Å²) in [5.74, 6) is 0.777. The highest BCUT2D eigenvalue weighted by atomic mass is 32.2. The Morgan fingerprint density at radius 2 is 1.55 bits per heavy atom. The van der Waals surface area contributed by atoms with Crippen LogP contribution in [0.4, 0.5) is 4.39 Å². The lowest BCUT2D eigenvalue weighted by Gasteiger charge is -2.19. The maximum Gasteiger partial charge on any atom is 0.237 e. The first-order chi connectivity index (χ1) is 18.1. The third kappa shape index (κ3) is 5.05. The maximum atomic E-state index is 13.3.